The molecule has 0 aliphatic carbocycles. The number of hydrogen-bond donors (Lipinski definition) is 2. The molecule has 0 radical (unpaired) electrons. The van der Waals surface area contributed by atoms with Crippen LogP contribution in [0.4, 0.5) is 9.18 Å². The van der Waals surface area contributed by atoms with E-state index < -0.39 is 29.5 Å². The van der Waals surface area contributed by atoms with E-state index in [1.54, 1.807) is 20.8 Å². The van der Waals surface area contributed by atoms with E-state index in [1.165, 1.54) is 24.3 Å². The van der Waals surface area contributed by atoms with Crippen molar-refractivity contribution in [3.05, 3.63) is 30.1 Å². The third-order valence-corrected chi connectivity index (χ3v) is 3.61. The highest BCUT2D eigenvalue weighted by molar-refractivity contribution is 8.13. The van der Waals surface area contributed by atoms with Gasteiger partial charge in [-0.15, -0.1) is 0 Å². The van der Waals surface area contributed by atoms with Crippen LogP contribution >= 0.6 is 11.8 Å². The summed E-state index contributed by atoms with van der Waals surface area (Å²) in [5.74, 6) is -1.65. The Hall–Kier alpha value is -2.09. The lowest BCUT2D eigenvalue weighted by Crippen LogP contribution is -2.43. The Labute approximate surface area is 143 Å². The summed E-state index contributed by atoms with van der Waals surface area (Å²) in [7, 11) is 0. The van der Waals surface area contributed by atoms with Gasteiger partial charge in [-0.1, -0.05) is 11.8 Å². The van der Waals surface area contributed by atoms with E-state index >= 15 is 0 Å². The zero-order valence-corrected chi connectivity index (χ0v) is 14.5. The molecule has 0 spiro atoms. The van der Waals surface area contributed by atoms with Gasteiger partial charge in [0.2, 0.25) is 0 Å². The van der Waals surface area contributed by atoms with Crippen molar-refractivity contribution in [1.82, 2.24) is 5.32 Å². The smallest absolute Gasteiger partial charge is 0.408 e. The van der Waals surface area contributed by atoms with E-state index in [-0.39, 0.29) is 18.0 Å². The second-order valence-corrected chi connectivity index (χ2v) is 7.13. The first-order valence-corrected chi connectivity index (χ1v) is 8.07. The van der Waals surface area contributed by atoms with Gasteiger partial charge in [-0.05, 0) is 51.5 Å². The standard InChI is InChI=1S/C16H20FNO5S/c1-16(2,3)23-15(22)18-12(14(20)21)8-9-13(19)24-11-6-4-10(17)5-7-11/h4-7,12H,8-9H2,1-3H3,(H,18,22)(H,20,21). The molecule has 24 heavy (non-hydrogen) atoms. The molecule has 0 saturated carbocycles. The van der Waals surface area contributed by atoms with E-state index in [4.69, 9.17) is 9.84 Å². The van der Waals surface area contributed by atoms with Crippen molar-refractivity contribution >= 4 is 28.9 Å². The van der Waals surface area contributed by atoms with Crippen LogP contribution < -0.4 is 5.32 Å². The van der Waals surface area contributed by atoms with Gasteiger partial charge in [0.05, 0.1) is 0 Å². The van der Waals surface area contributed by atoms with Crippen LogP contribution in [0.5, 0.6) is 0 Å². The maximum Gasteiger partial charge on any atom is 0.408 e. The Bertz CT molecular complexity index is 597. The number of hydrogen-bond acceptors (Lipinski definition) is 5. The average molecular weight is 357 g/mol. The second kappa shape index (κ2) is 8.68. The molecule has 0 aliphatic rings. The number of carbonyl (C=O) groups is 3. The number of carbonyl (C=O) groups excluding carboxylic acids is 2. The van der Waals surface area contributed by atoms with Gasteiger partial charge in [0.25, 0.3) is 0 Å². The number of rotatable bonds is 6. The summed E-state index contributed by atoms with van der Waals surface area (Å²) in [5, 5.41) is 11.1. The van der Waals surface area contributed by atoms with Gasteiger partial charge in [0.1, 0.15) is 17.5 Å². The maximum absolute atomic E-state index is 12.8. The van der Waals surface area contributed by atoms with Gasteiger partial charge >= 0.3 is 12.1 Å². The minimum atomic E-state index is -1.25. The molecule has 0 heterocycles. The number of alkyl carbamates (subject to hydrolysis) is 1. The van der Waals surface area contributed by atoms with Crippen molar-refractivity contribution in [3.63, 3.8) is 0 Å². The summed E-state index contributed by atoms with van der Waals surface area (Å²) in [5.41, 5.74) is -0.749. The fourth-order valence-corrected chi connectivity index (χ4v) is 2.41. The van der Waals surface area contributed by atoms with Crippen molar-refractivity contribution < 1.29 is 28.6 Å². The molecule has 2 N–H and O–H groups in total. The van der Waals surface area contributed by atoms with E-state index in [0.29, 0.717) is 4.90 Å². The lowest BCUT2D eigenvalue weighted by Gasteiger charge is -2.21. The molecule has 1 atom stereocenters. The lowest BCUT2D eigenvalue weighted by molar-refractivity contribution is -0.139. The van der Waals surface area contributed by atoms with Crippen molar-refractivity contribution in [2.45, 2.75) is 50.2 Å². The van der Waals surface area contributed by atoms with Crippen LogP contribution in [0.3, 0.4) is 0 Å². The number of nitrogens with one attached hydrogen (secondary N) is 1. The number of thioether (sulfide) groups is 1. The normalized spacial score (nSPS) is 12.3. The van der Waals surface area contributed by atoms with Gasteiger partial charge in [0, 0.05) is 11.3 Å². The number of amides is 1. The van der Waals surface area contributed by atoms with E-state index in [1.807, 2.05) is 0 Å². The maximum atomic E-state index is 12.8. The van der Waals surface area contributed by atoms with Crippen LogP contribution in [0.25, 0.3) is 0 Å². The van der Waals surface area contributed by atoms with Crippen molar-refractivity contribution in [2.75, 3.05) is 0 Å². The summed E-state index contributed by atoms with van der Waals surface area (Å²) in [4.78, 5) is 35.2. The Morgan fingerprint density at radius 2 is 1.83 bits per heavy atom. The van der Waals surface area contributed by atoms with E-state index in [9.17, 15) is 18.8 Å². The molecule has 1 unspecified atom stereocenters. The van der Waals surface area contributed by atoms with E-state index in [0.717, 1.165) is 11.8 Å². The molecule has 1 amide bonds. The molecule has 1 aromatic carbocycles. The fraction of sp³-hybridized carbons (Fsp3) is 0.438. The van der Waals surface area contributed by atoms with E-state index in [2.05, 4.69) is 5.32 Å². The number of halogens is 1. The van der Waals surface area contributed by atoms with Crippen LogP contribution in [-0.4, -0.2) is 33.9 Å². The highest BCUT2D eigenvalue weighted by Crippen LogP contribution is 2.21. The molecule has 6 nitrogen and oxygen atoms in total. The van der Waals surface area contributed by atoms with Crippen molar-refractivity contribution in [2.24, 2.45) is 0 Å². The molecule has 0 bridgehead atoms. The Morgan fingerprint density at radius 3 is 2.33 bits per heavy atom. The second-order valence-electron chi connectivity index (χ2n) is 6.00. The van der Waals surface area contributed by atoms with Gasteiger partial charge in [-0.3, -0.25) is 4.79 Å². The number of aliphatic carboxylic acids is 1. The number of carboxylic acids is 1. The van der Waals surface area contributed by atoms with Gasteiger partial charge in [-0.25, -0.2) is 14.0 Å². The molecule has 0 aromatic heterocycles. The third-order valence-electron chi connectivity index (χ3n) is 2.67. The first-order chi connectivity index (χ1) is 11.1. The van der Waals surface area contributed by atoms with Crippen LogP contribution in [0.2, 0.25) is 0 Å². The van der Waals surface area contributed by atoms with Crippen LogP contribution in [0.1, 0.15) is 33.6 Å². The van der Waals surface area contributed by atoms with Crippen molar-refractivity contribution in [1.29, 1.82) is 0 Å². The molecular formula is C16H20FNO5S. The minimum Gasteiger partial charge on any atom is -0.480 e. The highest BCUT2D eigenvalue weighted by atomic mass is 32.2. The minimum absolute atomic E-state index is 0.0607. The molecule has 132 valence electrons. The zero-order chi connectivity index (χ0) is 18.3. The number of benzene rings is 1. The fourth-order valence-electron chi connectivity index (χ4n) is 1.65. The topological polar surface area (TPSA) is 92.7 Å². The SMILES string of the molecule is CC(C)(C)OC(=O)NC(CCC(=O)Sc1ccc(F)cc1)C(=O)O. The van der Waals surface area contributed by atoms with Gasteiger partial charge in [0.15, 0.2) is 5.12 Å². The summed E-state index contributed by atoms with van der Waals surface area (Å²) in [6.07, 6.45) is -0.982. The summed E-state index contributed by atoms with van der Waals surface area (Å²) < 4.78 is 17.8. The molecule has 1 aromatic rings. The molecule has 0 saturated heterocycles. The number of carboxylic acid groups (broad SMARTS) is 1. The first kappa shape index (κ1) is 20.0. The molecule has 0 fully saturated rings. The summed E-state index contributed by atoms with van der Waals surface area (Å²) >= 11 is 0.892. The Kier molecular flexibility index (Phi) is 7.21. The predicted molar refractivity (Wildman–Crippen MR) is 87.3 cm³/mol. The largest absolute Gasteiger partial charge is 0.480 e. The monoisotopic (exact) mass is 357 g/mol. The number of ether oxygens (including phenoxy) is 1. The molecular weight excluding hydrogens is 337 g/mol. The summed E-state index contributed by atoms with van der Waals surface area (Å²) in [6, 6.07) is 4.17. The van der Waals surface area contributed by atoms with Gasteiger partial charge in [-0.2, -0.15) is 0 Å². The predicted octanol–water partition coefficient (Wildman–Crippen LogP) is 3.20. The van der Waals surface area contributed by atoms with Crippen LogP contribution in [0.15, 0.2) is 29.2 Å². The zero-order valence-electron chi connectivity index (χ0n) is 13.7. The van der Waals surface area contributed by atoms with Crippen LogP contribution in [0, 0.1) is 5.82 Å². The quantitative estimate of drug-likeness (QED) is 0.760. The summed E-state index contributed by atoms with van der Waals surface area (Å²) in [6.45, 7) is 4.97. The average Bonchev–Trinajstić information content (AvgIpc) is 2.43. The molecule has 8 heteroatoms. The molecule has 1 rings (SSSR count). The third kappa shape index (κ3) is 7.96. The Balaban J connectivity index is 2.50. The Morgan fingerprint density at radius 1 is 1.25 bits per heavy atom. The van der Waals surface area contributed by atoms with Crippen molar-refractivity contribution in [3.8, 4) is 0 Å². The molecule has 0 aliphatic heterocycles. The van der Waals surface area contributed by atoms with Crippen LogP contribution in [-0.2, 0) is 14.3 Å². The van der Waals surface area contributed by atoms with Gasteiger partial charge < -0.3 is 15.2 Å². The first-order valence-electron chi connectivity index (χ1n) is 7.25. The highest BCUT2D eigenvalue weighted by Gasteiger charge is 2.24. The lowest BCUT2D eigenvalue weighted by atomic mass is 10.1.